The molecule has 1 unspecified atom stereocenters. The van der Waals surface area contributed by atoms with Crippen molar-refractivity contribution < 1.29 is 5.11 Å². The molecule has 1 nitrogen and oxygen atoms in total. The smallest absolute Gasteiger partial charge is 0.0790 e. The molecule has 0 fully saturated rings. The summed E-state index contributed by atoms with van der Waals surface area (Å²) >= 11 is 6.78. The minimum Gasteiger partial charge on any atom is -0.388 e. The monoisotopic (exact) mass is 306 g/mol. The van der Waals surface area contributed by atoms with Crippen molar-refractivity contribution in [3.8, 4) is 0 Å². The van der Waals surface area contributed by atoms with Crippen molar-refractivity contribution >= 4 is 31.9 Å². The first-order valence-corrected chi connectivity index (χ1v) is 5.86. The lowest BCUT2D eigenvalue weighted by Gasteiger charge is -2.10. The first-order valence-electron chi connectivity index (χ1n) is 4.27. The number of rotatable bonds is 3. The molecule has 3 heteroatoms. The molecule has 1 N–H and O–H groups in total. The van der Waals surface area contributed by atoms with Crippen molar-refractivity contribution in [2.24, 2.45) is 0 Å². The van der Waals surface area contributed by atoms with Gasteiger partial charge in [0.15, 0.2) is 0 Å². The van der Waals surface area contributed by atoms with Gasteiger partial charge in [0.2, 0.25) is 0 Å². The molecule has 1 atom stereocenters. The minimum atomic E-state index is -0.348. The fraction of sp³-hybridized carbons (Fsp3) is 0.400. The van der Waals surface area contributed by atoms with Crippen molar-refractivity contribution in [2.45, 2.75) is 25.9 Å². The van der Waals surface area contributed by atoms with Crippen molar-refractivity contribution in [3.05, 3.63) is 32.7 Å². The summed E-state index contributed by atoms with van der Waals surface area (Å²) in [5.74, 6) is 0. The molecule has 0 heterocycles. The molecule has 13 heavy (non-hydrogen) atoms. The number of aliphatic hydroxyl groups is 1. The fourth-order valence-corrected chi connectivity index (χ4v) is 2.54. The maximum absolute atomic E-state index is 9.73. The van der Waals surface area contributed by atoms with E-state index in [9.17, 15) is 5.11 Å². The van der Waals surface area contributed by atoms with Crippen LogP contribution in [-0.4, -0.2) is 5.11 Å². The van der Waals surface area contributed by atoms with Gasteiger partial charge in [0.25, 0.3) is 0 Å². The van der Waals surface area contributed by atoms with E-state index in [2.05, 4.69) is 38.8 Å². The average Bonchev–Trinajstić information content (AvgIpc) is 2.03. The number of hydrogen-bond donors (Lipinski definition) is 1. The lowest BCUT2D eigenvalue weighted by atomic mass is 10.1. The molecule has 0 aromatic heterocycles. The molecule has 0 aliphatic rings. The van der Waals surface area contributed by atoms with Crippen LogP contribution in [0.2, 0.25) is 0 Å². The van der Waals surface area contributed by atoms with Crippen LogP contribution in [0.5, 0.6) is 0 Å². The van der Waals surface area contributed by atoms with E-state index >= 15 is 0 Å². The number of benzene rings is 1. The van der Waals surface area contributed by atoms with Gasteiger partial charge in [0.1, 0.15) is 0 Å². The second-order valence-electron chi connectivity index (χ2n) is 3.01. The van der Waals surface area contributed by atoms with Crippen molar-refractivity contribution in [3.63, 3.8) is 0 Å². The van der Waals surface area contributed by atoms with Crippen LogP contribution in [0, 0.1) is 0 Å². The highest BCUT2D eigenvalue weighted by Crippen LogP contribution is 2.26. The zero-order valence-corrected chi connectivity index (χ0v) is 10.6. The Morgan fingerprint density at radius 1 is 1.23 bits per heavy atom. The van der Waals surface area contributed by atoms with E-state index < -0.39 is 0 Å². The third-order valence-corrected chi connectivity index (χ3v) is 2.75. The molecule has 1 aromatic rings. The largest absolute Gasteiger partial charge is 0.388 e. The molecule has 72 valence electrons. The lowest BCUT2D eigenvalue weighted by molar-refractivity contribution is 0.166. The summed E-state index contributed by atoms with van der Waals surface area (Å²) in [6.07, 6.45) is 1.45. The van der Waals surface area contributed by atoms with Gasteiger partial charge in [-0.1, -0.05) is 45.2 Å². The highest BCUT2D eigenvalue weighted by atomic mass is 79.9. The van der Waals surface area contributed by atoms with E-state index in [1.54, 1.807) is 0 Å². The number of halogens is 2. The molecule has 0 radical (unpaired) electrons. The maximum Gasteiger partial charge on any atom is 0.0790 e. The zero-order valence-electron chi connectivity index (χ0n) is 7.43. The van der Waals surface area contributed by atoms with Crippen LogP contribution >= 0.6 is 31.9 Å². The van der Waals surface area contributed by atoms with Gasteiger partial charge < -0.3 is 5.11 Å². The van der Waals surface area contributed by atoms with Gasteiger partial charge in [-0.25, -0.2) is 0 Å². The van der Waals surface area contributed by atoms with Crippen LogP contribution in [0.25, 0.3) is 0 Å². The Morgan fingerprint density at radius 3 is 2.23 bits per heavy atom. The Bertz CT molecular complexity index is 266. The fourth-order valence-electron chi connectivity index (χ4n) is 1.21. The van der Waals surface area contributed by atoms with Crippen LogP contribution in [0.15, 0.2) is 27.1 Å². The summed E-state index contributed by atoms with van der Waals surface area (Å²) < 4.78 is 1.99. The van der Waals surface area contributed by atoms with E-state index in [0.717, 1.165) is 27.4 Å². The third kappa shape index (κ3) is 3.41. The normalized spacial score (nSPS) is 12.9. The summed E-state index contributed by atoms with van der Waals surface area (Å²) in [5.41, 5.74) is 0.961. The lowest BCUT2D eigenvalue weighted by Crippen LogP contribution is -1.96. The molecule has 0 saturated heterocycles. The van der Waals surface area contributed by atoms with Crippen LogP contribution in [0.3, 0.4) is 0 Å². The van der Waals surface area contributed by atoms with E-state index in [1.807, 2.05) is 18.2 Å². The molecule has 0 spiro atoms. The summed E-state index contributed by atoms with van der Waals surface area (Å²) in [5, 5.41) is 9.73. The SMILES string of the molecule is CCCC(O)c1cc(Br)cc(Br)c1. The first kappa shape index (κ1) is 11.2. The molecule has 0 aliphatic carbocycles. The standard InChI is InChI=1S/C10H12Br2O/c1-2-3-10(13)7-4-8(11)6-9(12)5-7/h4-6,10,13H,2-3H2,1H3. The molecule has 1 aromatic carbocycles. The van der Waals surface area contributed by atoms with Crippen LogP contribution in [0.1, 0.15) is 31.4 Å². The van der Waals surface area contributed by atoms with E-state index in [-0.39, 0.29) is 6.10 Å². The molecule has 0 bridgehead atoms. The molecule has 0 amide bonds. The summed E-state index contributed by atoms with van der Waals surface area (Å²) in [6.45, 7) is 2.07. The second kappa shape index (κ2) is 5.13. The molecular formula is C10H12Br2O. The van der Waals surface area contributed by atoms with Crippen LogP contribution in [0.4, 0.5) is 0 Å². The summed E-state index contributed by atoms with van der Waals surface area (Å²) in [6, 6.07) is 5.86. The van der Waals surface area contributed by atoms with Gasteiger partial charge in [-0.15, -0.1) is 0 Å². The third-order valence-electron chi connectivity index (χ3n) is 1.83. The van der Waals surface area contributed by atoms with Gasteiger partial charge in [-0.05, 0) is 30.2 Å². The van der Waals surface area contributed by atoms with Crippen LogP contribution in [-0.2, 0) is 0 Å². The second-order valence-corrected chi connectivity index (χ2v) is 4.84. The highest BCUT2D eigenvalue weighted by Gasteiger charge is 2.07. The minimum absolute atomic E-state index is 0.348. The summed E-state index contributed by atoms with van der Waals surface area (Å²) in [4.78, 5) is 0. The van der Waals surface area contributed by atoms with Gasteiger partial charge in [-0.2, -0.15) is 0 Å². The number of aliphatic hydroxyl groups excluding tert-OH is 1. The van der Waals surface area contributed by atoms with E-state index in [1.165, 1.54) is 0 Å². The van der Waals surface area contributed by atoms with Gasteiger partial charge in [-0.3, -0.25) is 0 Å². The first-order chi connectivity index (χ1) is 6.13. The molecule has 0 aliphatic heterocycles. The Morgan fingerprint density at radius 2 is 1.77 bits per heavy atom. The Kier molecular flexibility index (Phi) is 4.42. The molecule has 0 saturated carbocycles. The predicted molar refractivity (Wildman–Crippen MR) is 61.7 cm³/mol. The Balaban J connectivity index is 2.87. The van der Waals surface area contributed by atoms with Gasteiger partial charge >= 0.3 is 0 Å². The van der Waals surface area contributed by atoms with E-state index in [4.69, 9.17) is 0 Å². The van der Waals surface area contributed by atoms with E-state index in [0.29, 0.717) is 0 Å². The molecule has 1 rings (SSSR count). The summed E-state index contributed by atoms with van der Waals surface area (Å²) in [7, 11) is 0. The highest BCUT2D eigenvalue weighted by molar-refractivity contribution is 9.11. The van der Waals surface area contributed by atoms with Crippen molar-refractivity contribution in [1.29, 1.82) is 0 Å². The number of hydrogen-bond acceptors (Lipinski definition) is 1. The topological polar surface area (TPSA) is 20.2 Å². The van der Waals surface area contributed by atoms with Gasteiger partial charge in [0.05, 0.1) is 6.10 Å². The maximum atomic E-state index is 9.73. The molecular weight excluding hydrogens is 296 g/mol. The average molecular weight is 308 g/mol. The zero-order chi connectivity index (χ0) is 9.84. The van der Waals surface area contributed by atoms with Crippen molar-refractivity contribution in [2.75, 3.05) is 0 Å². The predicted octanol–water partition coefficient (Wildman–Crippen LogP) is 4.05. The Hall–Kier alpha value is 0.140. The van der Waals surface area contributed by atoms with Crippen LogP contribution < -0.4 is 0 Å². The Labute approximate surface area is 95.4 Å². The quantitative estimate of drug-likeness (QED) is 0.893. The van der Waals surface area contributed by atoms with Crippen molar-refractivity contribution in [1.82, 2.24) is 0 Å². The van der Waals surface area contributed by atoms with Gasteiger partial charge in [0, 0.05) is 8.95 Å².